The number of carbonyl (C=O) groups excluding carboxylic acids is 1. The summed E-state index contributed by atoms with van der Waals surface area (Å²) in [4.78, 5) is 11.9. The number of nitrogens with two attached hydrogens (primary N) is 1. The summed E-state index contributed by atoms with van der Waals surface area (Å²) in [6.07, 6.45) is 0. The molecule has 0 aromatic heterocycles. The normalized spacial score (nSPS) is 10.2. The van der Waals surface area contributed by atoms with Crippen LogP contribution in [0.15, 0.2) is 42.5 Å². The predicted octanol–water partition coefficient (Wildman–Crippen LogP) is 2.78. The van der Waals surface area contributed by atoms with Gasteiger partial charge < -0.3 is 5.73 Å². The largest absolute Gasteiger partial charge is 0.396 e. The highest BCUT2D eigenvalue weighted by molar-refractivity contribution is 6.09. The molecule has 0 unspecified atom stereocenters. The van der Waals surface area contributed by atoms with Gasteiger partial charge in [-0.1, -0.05) is 12.1 Å². The number of rotatable bonds is 2. The van der Waals surface area contributed by atoms with E-state index >= 15 is 0 Å². The van der Waals surface area contributed by atoms with Crippen LogP contribution in [0.4, 0.5) is 14.5 Å². The Kier molecular flexibility index (Phi) is 2.87. The lowest BCUT2D eigenvalue weighted by Crippen LogP contribution is -2.05. The van der Waals surface area contributed by atoms with Crippen LogP contribution in [0.3, 0.4) is 0 Å². The Labute approximate surface area is 96.7 Å². The van der Waals surface area contributed by atoms with Crippen molar-refractivity contribution in [3.8, 4) is 0 Å². The molecule has 17 heavy (non-hydrogen) atoms. The van der Waals surface area contributed by atoms with Crippen molar-refractivity contribution in [3.63, 3.8) is 0 Å². The van der Waals surface area contributed by atoms with Gasteiger partial charge in [0.15, 0.2) is 5.78 Å². The number of nitrogen functional groups attached to an aromatic ring is 1. The van der Waals surface area contributed by atoms with Crippen LogP contribution in [0.2, 0.25) is 0 Å². The molecule has 2 N–H and O–H groups in total. The lowest BCUT2D eigenvalue weighted by molar-refractivity contribution is 0.103. The van der Waals surface area contributed by atoms with E-state index in [1.165, 1.54) is 30.3 Å². The zero-order valence-electron chi connectivity index (χ0n) is 8.78. The third-order valence-electron chi connectivity index (χ3n) is 2.38. The second kappa shape index (κ2) is 4.33. The molecule has 86 valence electrons. The van der Waals surface area contributed by atoms with Gasteiger partial charge >= 0.3 is 0 Å². The summed E-state index contributed by atoms with van der Waals surface area (Å²) in [5, 5.41) is 0. The second-order valence-corrected chi connectivity index (χ2v) is 3.55. The number of halogens is 2. The zero-order valence-corrected chi connectivity index (χ0v) is 8.78. The Hall–Kier alpha value is -2.23. The predicted molar refractivity (Wildman–Crippen MR) is 60.6 cm³/mol. The van der Waals surface area contributed by atoms with E-state index in [0.29, 0.717) is 0 Å². The van der Waals surface area contributed by atoms with E-state index in [1.54, 1.807) is 6.07 Å². The Balaban J connectivity index is 2.44. The van der Waals surface area contributed by atoms with Gasteiger partial charge in [-0.05, 0) is 30.3 Å². The van der Waals surface area contributed by atoms with E-state index in [1.807, 2.05) is 0 Å². The molecule has 0 bridgehead atoms. The third kappa shape index (κ3) is 2.15. The van der Waals surface area contributed by atoms with Gasteiger partial charge in [0.1, 0.15) is 11.6 Å². The molecule has 0 spiro atoms. The van der Waals surface area contributed by atoms with Gasteiger partial charge in [0.25, 0.3) is 0 Å². The molecular formula is C13H9F2NO. The van der Waals surface area contributed by atoms with E-state index in [4.69, 9.17) is 5.73 Å². The maximum atomic E-state index is 13.4. The molecule has 4 heteroatoms. The van der Waals surface area contributed by atoms with Crippen LogP contribution in [-0.2, 0) is 0 Å². The molecule has 0 saturated heterocycles. The molecule has 0 amide bonds. The summed E-state index contributed by atoms with van der Waals surface area (Å²) in [5.74, 6) is -1.89. The highest BCUT2D eigenvalue weighted by atomic mass is 19.1. The minimum absolute atomic E-state index is 0.0462. The molecular weight excluding hydrogens is 224 g/mol. The number of hydrogen-bond donors (Lipinski definition) is 1. The molecule has 0 aliphatic heterocycles. The highest BCUT2D eigenvalue weighted by Gasteiger charge is 2.14. The van der Waals surface area contributed by atoms with Crippen molar-refractivity contribution in [2.75, 3.05) is 5.73 Å². The molecule has 0 aliphatic carbocycles. The average molecular weight is 233 g/mol. The minimum atomic E-state index is -0.688. The first-order valence-corrected chi connectivity index (χ1v) is 4.94. The van der Waals surface area contributed by atoms with Crippen molar-refractivity contribution >= 4 is 11.5 Å². The molecule has 2 rings (SSSR count). The second-order valence-electron chi connectivity index (χ2n) is 3.55. The van der Waals surface area contributed by atoms with Crippen molar-refractivity contribution < 1.29 is 13.6 Å². The molecule has 0 aliphatic rings. The highest BCUT2D eigenvalue weighted by Crippen LogP contribution is 2.17. The summed E-state index contributed by atoms with van der Waals surface area (Å²) in [7, 11) is 0. The molecule has 0 atom stereocenters. The Morgan fingerprint density at radius 2 is 1.71 bits per heavy atom. The van der Waals surface area contributed by atoms with Crippen molar-refractivity contribution in [3.05, 3.63) is 65.2 Å². The van der Waals surface area contributed by atoms with Crippen molar-refractivity contribution in [2.45, 2.75) is 0 Å². The molecule has 0 fully saturated rings. The lowest BCUT2D eigenvalue weighted by Gasteiger charge is -2.03. The van der Waals surface area contributed by atoms with Crippen LogP contribution in [0.25, 0.3) is 0 Å². The maximum Gasteiger partial charge on any atom is 0.196 e. The lowest BCUT2D eigenvalue weighted by atomic mass is 10.0. The quantitative estimate of drug-likeness (QED) is 0.640. The van der Waals surface area contributed by atoms with Gasteiger partial charge in [0.2, 0.25) is 0 Å². The van der Waals surface area contributed by atoms with Gasteiger partial charge in [-0.15, -0.1) is 0 Å². The van der Waals surface area contributed by atoms with E-state index < -0.39 is 17.4 Å². The van der Waals surface area contributed by atoms with E-state index in [0.717, 1.165) is 6.07 Å². The molecule has 2 nitrogen and oxygen atoms in total. The average Bonchev–Trinajstić information content (AvgIpc) is 2.32. The minimum Gasteiger partial charge on any atom is -0.396 e. The monoisotopic (exact) mass is 233 g/mol. The van der Waals surface area contributed by atoms with Crippen LogP contribution in [0.5, 0.6) is 0 Å². The van der Waals surface area contributed by atoms with Gasteiger partial charge in [-0.2, -0.15) is 0 Å². The van der Waals surface area contributed by atoms with Gasteiger partial charge in [0.05, 0.1) is 11.3 Å². The van der Waals surface area contributed by atoms with Gasteiger partial charge in [-0.25, -0.2) is 8.78 Å². The van der Waals surface area contributed by atoms with Crippen molar-refractivity contribution in [1.82, 2.24) is 0 Å². The topological polar surface area (TPSA) is 43.1 Å². The summed E-state index contributed by atoms with van der Waals surface area (Å²) in [5.41, 5.74) is 5.24. The standard InChI is InChI=1S/C13H9F2NO/c14-10-4-2-1-3-9(10)13(17)8-5-6-12(16)11(15)7-8/h1-7H,16H2. The zero-order chi connectivity index (χ0) is 12.4. The molecule has 0 radical (unpaired) electrons. The summed E-state index contributed by atoms with van der Waals surface area (Å²) in [6, 6.07) is 9.22. The van der Waals surface area contributed by atoms with E-state index in [-0.39, 0.29) is 16.8 Å². The van der Waals surface area contributed by atoms with Gasteiger partial charge in [0, 0.05) is 5.56 Å². The molecule has 0 saturated carbocycles. The Bertz CT molecular complexity index is 581. The van der Waals surface area contributed by atoms with Crippen LogP contribution >= 0.6 is 0 Å². The molecule has 0 heterocycles. The van der Waals surface area contributed by atoms with Crippen LogP contribution in [-0.4, -0.2) is 5.78 Å². The van der Waals surface area contributed by atoms with E-state index in [2.05, 4.69) is 0 Å². The Morgan fingerprint density at radius 1 is 1.00 bits per heavy atom. The summed E-state index contributed by atoms with van der Waals surface area (Å²) in [6.45, 7) is 0. The van der Waals surface area contributed by atoms with Crippen LogP contribution in [0, 0.1) is 11.6 Å². The first-order valence-electron chi connectivity index (χ1n) is 4.94. The number of ketones is 1. The first-order chi connectivity index (χ1) is 8.09. The number of hydrogen-bond acceptors (Lipinski definition) is 2. The fourth-order valence-corrected chi connectivity index (χ4v) is 1.47. The SMILES string of the molecule is Nc1ccc(C(=O)c2ccccc2F)cc1F. The smallest absolute Gasteiger partial charge is 0.196 e. The summed E-state index contributed by atoms with van der Waals surface area (Å²) < 4.78 is 26.6. The number of carbonyl (C=O) groups is 1. The fourth-order valence-electron chi connectivity index (χ4n) is 1.47. The van der Waals surface area contributed by atoms with Gasteiger partial charge in [-0.3, -0.25) is 4.79 Å². The first kappa shape index (κ1) is 11.3. The van der Waals surface area contributed by atoms with Crippen molar-refractivity contribution in [2.24, 2.45) is 0 Å². The molecule has 2 aromatic carbocycles. The Morgan fingerprint density at radius 3 is 2.35 bits per heavy atom. The fraction of sp³-hybridized carbons (Fsp3) is 0. The van der Waals surface area contributed by atoms with Crippen molar-refractivity contribution in [1.29, 1.82) is 0 Å². The maximum absolute atomic E-state index is 13.4. The van der Waals surface area contributed by atoms with E-state index in [9.17, 15) is 13.6 Å². The number of anilines is 1. The summed E-state index contributed by atoms with van der Waals surface area (Å²) >= 11 is 0. The van der Waals surface area contributed by atoms with Crippen LogP contribution < -0.4 is 5.73 Å². The molecule has 2 aromatic rings. The third-order valence-corrected chi connectivity index (χ3v) is 2.38. The van der Waals surface area contributed by atoms with Crippen LogP contribution in [0.1, 0.15) is 15.9 Å². The number of benzene rings is 2.